The van der Waals surface area contributed by atoms with Gasteiger partial charge >= 0.3 is 0 Å². The second kappa shape index (κ2) is 9.06. The van der Waals surface area contributed by atoms with E-state index in [2.05, 4.69) is 5.32 Å². The molecule has 0 aromatic heterocycles. The minimum absolute atomic E-state index is 0.0193. The van der Waals surface area contributed by atoms with Crippen molar-refractivity contribution in [3.05, 3.63) is 108 Å². The van der Waals surface area contributed by atoms with E-state index in [1.807, 2.05) is 36.4 Å². The number of para-hydroxylation sites is 4. The predicted molar refractivity (Wildman–Crippen MR) is 123 cm³/mol. The second-order valence-electron chi connectivity index (χ2n) is 7.01. The highest BCUT2D eigenvalue weighted by Crippen LogP contribution is 2.33. The topological polar surface area (TPSA) is 102 Å². The largest absolute Gasteiger partial charge is 0.507 e. The molecule has 32 heavy (non-hydrogen) atoms. The number of carbonyl (C=O) groups is 2. The van der Waals surface area contributed by atoms with Crippen LogP contribution in [0.2, 0.25) is 0 Å². The Morgan fingerprint density at radius 3 is 2.22 bits per heavy atom. The van der Waals surface area contributed by atoms with E-state index in [0.717, 1.165) is 0 Å². The molecule has 0 saturated carbocycles. The van der Waals surface area contributed by atoms with Gasteiger partial charge in [-0.25, -0.2) is 0 Å². The quantitative estimate of drug-likeness (QED) is 0.396. The van der Waals surface area contributed by atoms with Crippen molar-refractivity contribution in [2.75, 3.05) is 5.32 Å². The molecule has 0 unspecified atom stereocenters. The predicted octanol–water partition coefficient (Wildman–Crippen LogP) is 5.20. The number of carbonyl (C=O) groups excluding carboxylic acids is 2. The molecule has 6 nitrogen and oxygen atoms in total. The van der Waals surface area contributed by atoms with Crippen LogP contribution in [0.25, 0.3) is 11.1 Å². The van der Waals surface area contributed by atoms with Gasteiger partial charge in [0.15, 0.2) is 5.75 Å². The summed E-state index contributed by atoms with van der Waals surface area (Å²) in [7, 11) is 0. The molecule has 4 aromatic rings. The molecule has 0 aliphatic carbocycles. The molecule has 2 amide bonds. The van der Waals surface area contributed by atoms with Crippen molar-refractivity contribution in [1.82, 2.24) is 0 Å². The van der Waals surface area contributed by atoms with Crippen molar-refractivity contribution < 1.29 is 19.4 Å². The molecule has 4 rings (SSSR count). The molecule has 0 fully saturated rings. The molecule has 0 atom stereocenters. The lowest BCUT2D eigenvalue weighted by atomic mass is 9.96. The Morgan fingerprint density at radius 2 is 1.47 bits per heavy atom. The highest BCUT2D eigenvalue weighted by atomic mass is 16.5. The zero-order valence-corrected chi connectivity index (χ0v) is 17.0. The number of nitrogens with one attached hydrogen (secondary N) is 1. The average molecular weight is 424 g/mol. The number of phenols is 1. The van der Waals surface area contributed by atoms with E-state index in [-0.39, 0.29) is 11.3 Å². The van der Waals surface area contributed by atoms with Crippen LogP contribution >= 0.6 is 0 Å². The summed E-state index contributed by atoms with van der Waals surface area (Å²) in [5, 5.41) is 13.1. The third kappa shape index (κ3) is 4.44. The molecule has 158 valence electrons. The molecule has 4 aromatic carbocycles. The molecule has 4 N–H and O–H groups in total. The Bertz CT molecular complexity index is 1290. The summed E-state index contributed by atoms with van der Waals surface area (Å²) < 4.78 is 5.90. The molecule has 0 aliphatic rings. The summed E-state index contributed by atoms with van der Waals surface area (Å²) >= 11 is 0. The summed E-state index contributed by atoms with van der Waals surface area (Å²) in [4.78, 5) is 24.9. The Hall–Kier alpha value is -4.58. The van der Waals surface area contributed by atoms with E-state index in [1.165, 1.54) is 24.3 Å². The SMILES string of the molecule is NC(=O)c1ccc(C(=O)Nc2ccccc2Oc2ccccc2)cc1-c1ccccc1O. The number of hydrogen-bond donors (Lipinski definition) is 3. The third-order valence-corrected chi connectivity index (χ3v) is 4.85. The maximum atomic E-state index is 13.0. The van der Waals surface area contributed by atoms with Crippen LogP contribution in [0.5, 0.6) is 17.2 Å². The highest BCUT2D eigenvalue weighted by Gasteiger charge is 2.17. The zero-order chi connectivity index (χ0) is 22.5. The van der Waals surface area contributed by atoms with Crippen LogP contribution in [0.3, 0.4) is 0 Å². The van der Waals surface area contributed by atoms with E-state index in [4.69, 9.17) is 10.5 Å². The van der Waals surface area contributed by atoms with Crippen LogP contribution in [-0.2, 0) is 0 Å². The summed E-state index contributed by atoms with van der Waals surface area (Å²) in [5.41, 5.74) is 7.27. The van der Waals surface area contributed by atoms with Gasteiger partial charge in [-0.15, -0.1) is 0 Å². The number of phenolic OH excluding ortho intramolecular Hbond substituents is 1. The van der Waals surface area contributed by atoms with Crippen LogP contribution in [-0.4, -0.2) is 16.9 Å². The smallest absolute Gasteiger partial charge is 0.255 e. The van der Waals surface area contributed by atoms with Gasteiger partial charge in [0.1, 0.15) is 11.5 Å². The van der Waals surface area contributed by atoms with E-state index in [1.54, 1.807) is 36.4 Å². The molecular weight excluding hydrogens is 404 g/mol. The number of primary amides is 1. The van der Waals surface area contributed by atoms with Crippen LogP contribution in [0.15, 0.2) is 97.1 Å². The number of anilines is 1. The van der Waals surface area contributed by atoms with Gasteiger partial charge in [0.05, 0.1) is 5.69 Å². The van der Waals surface area contributed by atoms with Crippen molar-refractivity contribution >= 4 is 17.5 Å². The van der Waals surface area contributed by atoms with Gasteiger partial charge in [0.2, 0.25) is 5.91 Å². The van der Waals surface area contributed by atoms with Crippen molar-refractivity contribution in [3.8, 4) is 28.4 Å². The monoisotopic (exact) mass is 424 g/mol. The number of amides is 2. The average Bonchev–Trinajstić information content (AvgIpc) is 2.81. The van der Waals surface area contributed by atoms with E-state index in [0.29, 0.717) is 33.9 Å². The molecular formula is C26H20N2O4. The lowest BCUT2D eigenvalue weighted by Crippen LogP contribution is -2.16. The zero-order valence-electron chi connectivity index (χ0n) is 17.0. The van der Waals surface area contributed by atoms with Gasteiger partial charge in [0.25, 0.3) is 5.91 Å². The molecule has 0 spiro atoms. The Morgan fingerprint density at radius 1 is 0.781 bits per heavy atom. The number of rotatable bonds is 6. The first-order valence-corrected chi connectivity index (χ1v) is 9.88. The normalized spacial score (nSPS) is 10.4. The van der Waals surface area contributed by atoms with Crippen molar-refractivity contribution in [2.24, 2.45) is 5.73 Å². The first-order valence-electron chi connectivity index (χ1n) is 9.88. The highest BCUT2D eigenvalue weighted by molar-refractivity contribution is 6.08. The number of benzene rings is 4. The fourth-order valence-corrected chi connectivity index (χ4v) is 3.29. The number of aromatic hydroxyl groups is 1. The minimum Gasteiger partial charge on any atom is -0.507 e. The Labute approximate surface area is 184 Å². The van der Waals surface area contributed by atoms with Gasteiger partial charge in [0, 0.05) is 16.7 Å². The van der Waals surface area contributed by atoms with Crippen molar-refractivity contribution in [2.45, 2.75) is 0 Å². The lowest BCUT2D eigenvalue weighted by Gasteiger charge is -2.14. The second-order valence-corrected chi connectivity index (χ2v) is 7.01. The molecule has 0 aliphatic heterocycles. The number of nitrogens with two attached hydrogens (primary N) is 1. The van der Waals surface area contributed by atoms with Gasteiger partial charge in [-0.05, 0) is 54.1 Å². The molecule has 0 saturated heterocycles. The van der Waals surface area contributed by atoms with Gasteiger partial charge in [-0.3, -0.25) is 9.59 Å². The lowest BCUT2D eigenvalue weighted by molar-refractivity contribution is 0.0996. The number of ether oxygens (including phenoxy) is 1. The molecule has 6 heteroatoms. The van der Waals surface area contributed by atoms with Gasteiger partial charge in [-0.2, -0.15) is 0 Å². The Kier molecular flexibility index (Phi) is 5.85. The standard InChI is InChI=1S/C26H20N2O4/c27-25(30)20-15-14-17(16-21(20)19-10-4-6-12-23(19)29)26(31)28-22-11-5-7-13-24(22)32-18-8-2-1-3-9-18/h1-16,29H,(H2,27,30)(H,28,31). The van der Waals surface area contributed by atoms with Crippen LogP contribution in [0, 0.1) is 0 Å². The fraction of sp³-hybridized carbons (Fsp3) is 0. The van der Waals surface area contributed by atoms with E-state index >= 15 is 0 Å². The molecule has 0 radical (unpaired) electrons. The van der Waals surface area contributed by atoms with Gasteiger partial charge in [-0.1, -0.05) is 48.5 Å². The van der Waals surface area contributed by atoms with Crippen LogP contribution in [0.1, 0.15) is 20.7 Å². The van der Waals surface area contributed by atoms with Crippen LogP contribution < -0.4 is 15.8 Å². The van der Waals surface area contributed by atoms with Gasteiger partial charge < -0.3 is 20.9 Å². The number of hydrogen-bond acceptors (Lipinski definition) is 4. The third-order valence-electron chi connectivity index (χ3n) is 4.85. The summed E-state index contributed by atoms with van der Waals surface area (Å²) in [6.07, 6.45) is 0. The minimum atomic E-state index is -0.656. The first kappa shape index (κ1) is 20.7. The van der Waals surface area contributed by atoms with Crippen molar-refractivity contribution in [3.63, 3.8) is 0 Å². The van der Waals surface area contributed by atoms with Crippen LogP contribution in [0.4, 0.5) is 5.69 Å². The summed E-state index contributed by atoms with van der Waals surface area (Å²) in [5.74, 6) is 0.0522. The fourth-order valence-electron chi connectivity index (χ4n) is 3.29. The Balaban J connectivity index is 1.66. The summed E-state index contributed by atoms with van der Waals surface area (Å²) in [6.45, 7) is 0. The van der Waals surface area contributed by atoms with Crippen molar-refractivity contribution in [1.29, 1.82) is 0 Å². The molecule has 0 heterocycles. The summed E-state index contributed by atoms with van der Waals surface area (Å²) in [6, 6.07) is 27.4. The molecule has 0 bridgehead atoms. The van der Waals surface area contributed by atoms with E-state index in [9.17, 15) is 14.7 Å². The maximum Gasteiger partial charge on any atom is 0.255 e. The first-order chi connectivity index (χ1) is 15.5. The van der Waals surface area contributed by atoms with E-state index < -0.39 is 11.8 Å². The maximum absolute atomic E-state index is 13.0.